The minimum atomic E-state index is -4.31. The summed E-state index contributed by atoms with van der Waals surface area (Å²) in [6, 6.07) is 7.81. The van der Waals surface area contributed by atoms with E-state index in [0.717, 1.165) is 82.3 Å². The maximum absolute atomic E-state index is 12.3. The zero-order valence-electron chi connectivity index (χ0n) is 20.7. The van der Waals surface area contributed by atoms with E-state index in [0.29, 0.717) is 18.7 Å². The first kappa shape index (κ1) is 29.0. The molecule has 0 saturated carbocycles. The third-order valence-corrected chi connectivity index (χ3v) is 7.04. The number of quaternary nitrogens is 1. The van der Waals surface area contributed by atoms with E-state index in [2.05, 4.69) is 12.1 Å². The molecule has 0 aromatic heterocycles. The van der Waals surface area contributed by atoms with Crippen molar-refractivity contribution < 1.29 is 33.1 Å². The van der Waals surface area contributed by atoms with Crippen LogP contribution in [0.25, 0.3) is 0 Å². The van der Waals surface area contributed by atoms with Crippen LogP contribution in [-0.2, 0) is 20.6 Å². The Hall–Kier alpha value is -1.28. The van der Waals surface area contributed by atoms with Gasteiger partial charge in [0.15, 0.2) is 0 Å². The lowest BCUT2D eigenvalue weighted by Gasteiger charge is -2.37. The van der Waals surface area contributed by atoms with Gasteiger partial charge in [0.1, 0.15) is 19.6 Å². The highest BCUT2D eigenvalue weighted by atomic mass is 31.2. The number of hydrogen-bond donors (Lipinski definition) is 2. The Morgan fingerprint density at radius 2 is 1.53 bits per heavy atom. The number of carbonyl (C=O) groups is 1. The summed E-state index contributed by atoms with van der Waals surface area (Å²) in [5.41, 5.74) is 1.85. The average Bonchev–Trinajstić information content (AvgIpc) is 2.79. The van der Waals surface area contributed by atoms with Crippen LogP contribution in [0.1, 0.15) is 80.1 Å². The monoisotopic (exact) mass is 498 g/mol. The van der Waals surface area contributed by atoms with Crippen molar-refractivity contribution in [3.63, 3.8) is 0 Å². The van der Waals surface area contributed by atoms with Gasteiger partial charge in [-0.15, -0.1) is 0 Å². The van der Waals surface area contributed by atoms with Crippen molar-refractivity contribution in [3.8, 4) is 0 Å². The van der Waals surface area contributed by atoms with E-state index in [-0.39, 0.29) is 5.97 Å². The van der Waals surface area contributed by atoms with Crippen molar-refractivity contribution in [2.24, 2.45) is 0 Å². The summed E-state index contributed by atoms with van der Waals surface area (Å²) in [6.45, 7) is 5.38. The van der Waals surface area contributed by atoms with E-state index in [4.69, 9.17) is 14.4 Å². The summed E-state index contributed by atoms with van der Waals surface area (Å²) in [4.78, 5) is 31.4. The summed E-state index contributed by atoms with van der Waals surface area (Å²) in [7, 11) is -2.06. The van der Waals surface area contributed by atoms with Gasteiger partial charge in [0.2, 0.25) is 7.75 Å². The smallest absolute Gasteiger partial charge is 0.338 e. The molecule has 2 rings (SSSR count). The number of unbranched alkanes of at least 4 members (excludes halogenated alkanes) is 9. The van der Waals surface area contributed by atoms with Gasteiger partial charge in [-0.25, -0.2) is 4.79 Å². The maximum atomic E-state index is 12.3. The highest BCUT2D eigenvalue weighted by Crippen LogP contribution is 2.21. The normalized spacial score (nSPS) is 17.3. The molecule has 9 heteroatoms. The van der Waals surface area contributed by atoms with Gasteiger partial charge in [0.25, 0.3) is 0 Å². The molecule has 0 spiro atoms. The van der Waals surface area contributed by atoms with Crippen LogP contribution in [0.4, 0.5) is 0 Å². The molecule has 1 saturated heterocycles. The first-order chi connectivity index (χ1) is 16.3. The number of nitrogens with zero attached hydrogens (tertiary/aromatic N) is 1. The van der Waals surface area contributed by atoms with E-state index in [1.165, 1.54) is 24.8 Å². The quantitative estimate of drug-likeness (QED) is 0.146. The van der Waals surface area contributed by atoms with Crippen molar-refractivity contribution in [1.82, 2.24) is 5.09 Å². The Morgan fingerprint density at radius 1 is 1.00 bits per heavy atom. The third-order valence-electron chi connectivity index (χ3n) is 6.42. The number of carbonyl (C=O) groups excluding carboxylic acids is 1. The number of nitrogens with one attached hydrogen (secondary N) is 1. The number of rotatable bonds is 17. The minimum Gasteiger partial charge on any atom is -0.766 e. The standard InChI is InChI=1S/C25H43N2O6P/c1-27(17-20-32-21-18-27)22-23-12-14-24(15-13-23)25(28)33-19-11-9-7-5-3-2-4-6-8-10-16-26-34(29,30)31/h12-15H,2-11,16-22H2,1H3,(H2-,26,29,30,31). The van der Waals surface area contributed by atoms with Crippen LogP contribution in [0, 0.1) is 0 Å². The molecule has 1 unspecified atom stereocenters. The van der Waals surface area contributed by atoms with Gasteiger partial charge in [0, 0.05) is 12.1 Å². The number of esters is 1. The van der Waals surface area contributed by atoms with E-state index in [1.807, 2.05) is 24.3 Å². The summed E-state index contributed by atoms with van der Waals surface area (Å²) < 4.78 is 22.4. The Bertz CT molecular complexity index is 746. The molecule has 1 aromatic rings. The Balaban J connectivity index is 1.44. The van der Waals surface area contributed by atoms with Gasteiger partial charge in [0.05, 0.1) is 32.4 Å². The molecule has 0 bridgehead atoms. The third kappa shape index (κ3) is 13.0. The van der Waals surface area contributed by atoms with Gasteiger partial charge in [-0.05, 0) is 25.0 Å². The molecule has 0 amide bonds. The van der Waals surface area contributed by atoms with Gasteiger partial charge < -0.3 is 23.7 Å². The second-order valence-corrected chi connectivity index (χ2v) is 11.0. The molecule has 1 heterocycles. The van der Waals surface area contributed by atoms with E-state index >= 15 is 0 Å². The van der Waals surface area contributed by atoms with Crippen LogP contribution >= 0.6 is 7.75 Å². The fraction of sp³-hybridized carbons (Fsp3) is 0.720. The van der Waals surface area contributed by atoms with Crippen molar-refractivity contribution in [3.05, 3.63) is 35.4 Å². The Labute approximate surface area is 204 Å². The predicted octanol–water partition coefficient (Wildman–Crippen LogP) is 3.77. The second kappa shape index (κ2) is 15.7. The molecular weight excluding hydrogens is 455 g/mol. The molecule has 194 valence electrons. The number of hydrogen-bond acceptors (Lipinski definition) is 5. The van der Waals surface area contributed by atoms with Crippen LogP contribution < -0.4 is 9.98 Å². The molecular formula is C25H43N2O6P. The zero-order valence-corrected chi connectivity index (χ0v) is 21.6. The summed E-state index contributed by atoms with van der Waals surface area (Å²) in [5, 5.41) is 2.11. The average molecular weight is 499 g/mol. The lowest BCUT2D eigenvalue weighted by Crippen LogP contribution is -2.51. The number of ether oxygens (including phenoxy) is 2. The summed E-state index contributed by atoms with van der Waals surface area (Å²) in [6.07, 6.45) is 10.6. The first-order valence-electron chi connectivity index (χ1n) is 12.7. The molecule has 1 atom stereocenters. The van der Waals surface area contributed by atoms with Crippen molar-refractivity contribution in [2.75, 3.05) is 46.5 Å². The zero-order chi connectivity index (χ0) is 24.7. The molecule has 1 fully saturated rings. The molecule has 1 aromatic carbocycles. The molecule has 1 aliphatic heterocycles. The van der Waals surface area contributed by atoms with Crippen molar-refractivity contribution in [2.45, 2.75) is 70.8 Å². The molecule has 1 aliphatic rings. The van der Waals surface area contributed by atoms with E-state index < -0.39 is 7.75 Å². The van der Waals surface area contributed by atoms with Crippen LogP contribution in [0.3, 0.4) is 0 Å². The summed E-state index contributed by atoms with van der Waals surface area (Å²) >= 11 is 0. The van der Waals surface area contributed by atoms with Gasteiger partial charge >= 0.3 is 5.97 Å². The largest absolute Gasteiger partial charge is 0.766 e. The first-order valence-corrected chi connectivity index (χ1v) is 14.3. The van der Waals surface area contributed by atoms with Crippen LogP contribution in [0.2, 0.25) is 0 Å². The van der Waals surface area contributed by atoms with Gasteiger partial charge in [-0.3, -0.25) is 9.65 Å². The highest BCUT2D eigenvalue weighted by Gasteiger charge is 2.25. The predicted molar refractivity (Wildman–Crippen MR) is 131 cm³/mol. The fourth-order valence-electron chi connectivity index (χ4n) is 4.24. The topological polar surface area (TPSA) is 108 Å². The minimum absolute atomic E-state index is 0.245. The number of morpholine rings is 1. The Morgan fingerprint density at radius 3 is 2.09 bits per heavy atom. The number of benzene rings is 1. The SMILES string of the molecule is C[N+]1(Cc2ccc(C(=O)OCCCCCCCCCCCCNP(=O)([O-])O)cc2)CCOCC1. The van der Waals surface area contributed by atoms with Gasteiger partial charge in [-0.2, -0.15) is 0 Å². The Kier molecular flexibility index (Phi) is 13.3. The van der Waals surface area contributed by atoms with Crippen LogP contribution in [0.15, 0.2) is 24.3 Å². The van der Waals surface area contributed by atoms with Crippen molar-refractivity contribution >= 4 is 13.7 Å². The number of likely N-dealkylation sites (N-methyl/N-ethyl adjacent to an activating group) is 1. The molecule has 34 heavy (non-hydrogen) atoms. The molecule has 2 N–H and O–H groups in total. The molecule has 0 aliphatic carbocycles. The van der Waals surface area contributed by atoms with E-state index in [9.17, 15) is 14.3 Å². The van der Waals surface area contributed by atoms with Crippen LogP contribution in [0.5, 0.6) is 0 Å². The molecule has 8 nitrogen and oxygen atoms in total. The second-order valence-electron chi connectivity index (χ2n) is 9.63. The molecule has 0 radical (unpaired) electrons. The lowest BCUT2D eigenvalue weighted by atomic mass is 10.1. The fourth-order valence-corrected chi connectivity index (χ4v) is 4.68. The van der Waals surface area contributed by atoms with Gasteiger partial charge in [-0.1, -0.05) is 63.5 Å². The lowest BCUT2D eigenvalue weighted by molar-refractivity contribution is -0.929. The van der Waals surface area contributed by atoms with E-state index in [1.54, 1.807) is 0 Å². The van der Waals surface area contributed by atoms with Crippen molar-refractivity contribution in [1.29, 1.82) is 0 Å². The summed E-state index contributed by atoms with van der Waals surface area (Å²) in [5.74, 6) is -0.245. The maximum Gasteiger partial charge on any atom is 0.338 e. The van der Waals surface area contributed by atoms with Crippen LogP contribution in [-0.4, -0.2) is 61.8 Å². The highest BCUT2D eigenvalue weighted by molar-refractivity contribution is 7.48.